The van der Waals surface area contributed by atoms with Crippen LogP contribution in [0.4, 0.5) is 11.4 Å². The van der Waals surface area contributed by atoms with E-state index in [-0.39, 0.29) is 23.7 Å². The summed E-state index contributed by atoms with van der Waals surface area (Å²) in [7, 11) is -5.05. The first-order valence-corrected chi connectivity index (χ1v) is 16.1. The smallest absolute Gasteiger partial charge is 0.469 e. The molecule has 47 heavy (non-hydrogen) atoms. The highest BCUT2D eigenvalue weighted by Gasteiger charge is 2.29. The largest absolute Gasteiger partial charge is 0.480 e. The molecule has 0 fully saturated rings. The van der Waals surface area contributed by atoms with Gasteiger partial charge in [0.2, 0.25) is 23.6 Å². The van der Waals surface area contributed by atoms with Crippen molar-refractivity contribution in [3.05, 3.63) is 70.3 Å². The molecule has 2 aromatic rings. The van der Waals surface area contributed by atoms with E-state index in [2.05, 4.69) is 20.5 Å². The summed E-state index contributed by atoms with van der Waals surface area (Å²) in [5.74, 6) is -4.30. The second-order valence-corrected chi connectivity index (χ2v) is 11.6. The molecular weight excluding hydrogens is 641 g/mol. The lowest BCUT2D eigenvalue weighted by atomic mass is 10.1. The van der Waals surface area contributed by atoms with Crippen molar-refractivity contribution in [3.8, 4) is 0 Å². The number of phosphoric acid groups is 1. The summed E-state index contributed by atoms with van der Waals surface area (Å²) in [6.07, 6.45) is 2.64. The topological polar surface area (TPSA) is 264 Å². The second-order valence-electron chi connectivity index (χ2n) is 10.4. The molecule has 0 aliphatic heterocycles. The molecule has 2 aromatic carbocycles. The first-order valence-electron chi connectivity index (χ1n) is 14.6. The maximum atomic E-state index is 13.0. The Kier molecular flexibility index (Phi) is 16.2. The van der Waals surface area contributed by atoms with Gasteiger partial charge in [-0.15, -0.1) is 0 Å². The van der Waals surface area contributed by atoms with Crippen molar-refractivity contribution in [2.75, 3.05) is 18.5 Å². The van der Waals surface area contributed by atoms with Gasteiger partial charge in [0, 0.05) is 37.2 Å². The van der Waals surface area contributed by atoms with Crippen LogP contribution in [-0.2, 0) is 39.5 Å². The van der Waals surface area contributed by atoms with E-state index >= 15 is 0 Å². The lowest BCUT2D eigenvalue weighted by molar-refractivity contribution is -0.384. The number of nitro groups is 1. The van der Waals surface area contributed by atoms with E-state index in [4.69, 9.17) is 9.79 Å². The van der Waals surface area contributed by atoms with Crippen molar-refractivity contribution in [1.29, 1.82) is 0 Å². The fraction of sp³-hybridized carbons (Fsp3) is 0.414. The number of carbonyl (C=O) groups excluding carboxylic acids is 4. The number of hydrogen-bond acceptors (Lipinski definition) is 9. The Morgan fingerprint density at radius 3 is 2.09 bits per heavy atom. The van der Waals surface area contributed by atoms with Crippen molar-refractivity contribution in [2.45, 2.75) is 63.5 Å². The molecule has 256 valence electrons. The number of carboxylic acid groups (broad SMARTS) is 1. The van der Waals surface area contributed by atoms with Gasteiger partial charge in [-0.2, -0.15) is 0 Å². The number of nitro benzene ring substituents is 1. The Morgan fingerprint density at radius 1 is 0.830 bits per heavy atom. The van der Waals surface area contributed by atoms with Gasteiger partial charge in [-0.25, -0.2) is 9.36 Å². The minimum Gasteiger partial charge on any atom is -0.480 e. The van der Waals surface area contributed by atoms with Gasteiger partial charge in [0.25, 0.3) is 5.69 Å². The second kappa shape index (κ2) is 19.7. The number of carboxylic acids is 1. The number of non-ortho nitro benzene ring substituents is 1. The standard InChI is InChI=1S/C29H38N5O12P/c35-25(12-7-10-20-8-3-1-4-9-20)30-17-6-2-5-11-26(36)32-23(28(38)31-21-13-15-22(16-14-21)34(41)42)18-27(37)33-24(29(39)40)19-46-47(43,44)45/h1,3-4,8-9,13-16,23-24H,2,5-7,10-12,17-19H2,(H,30,35)(H,31,38)(H,32,36)(H,33,37)(H,39,40)(H2,43,44,45)/t23-,24-/m0/s1. The summed E-state index contributed by atoms with van der Waals surface area (Å²) in [5.41, 5.74) is 1.02. The summed E-state index contributed by atoms with van der Waals surface area (Å²) in [5, 5.41) is 29.8. The van der Waals surface area contributed by atoms with Crippen LogP contribution in [0, 0.1) is 10.1 Å². The third-order valence-corrected chi connectivity index (χ3v) is 7.03. The fourth-order valence-electron chi connectivity index (χ4n) is 4.16. The number of aliphatic carboxylic acids is 1. The number of anilines is 1. The number of amides is 4. The third kappa shape index (κ3) is 16.4. The zero-order valence-electron chi connectivity index (χ0n) is 25.3. The highest BCUT2D eigenvalue weighted by molar-refractivity contribution is 7.46. The summed E-state index contributed by atoms with van der Waals surface area (Å²) in [6.45, 7) is -0.659. The Balaban J connectivity index is 1.87. The molecule has 2 atom stereocenters. The van der Waals surface area contributed by atoms with E-state index in [1.54, 1.807) is 0 Å². The van der Waals surface area contributed by atoms with Crippen LogP contribution in [-0.4, -0.2) is 74.7 Å². The van der Waals surface area contributed by atoms with Crippen molar-refractivity contribution in [2.24, 2.45) is 0 Å². The number of nitrogens with zero attached hydrogens (tertiary/aromatic N) is 1. The van der Waals surface area contributed by atoms with Gasteiger partial charge in [-0.3, -0.25) is 33.8 Å². The van der Waals surface area contributed by atoms with E-state index in [1.807, 2.05) is 35.6 Å². The maximum Gasteiger partial charge on any atom is 0.469 e. The van der Waals surface area contributed by atoms with Crippen molar-refractivity contribution in [3.63, 3.8) is 0 Å². The van der Waals surface area contributed by atoms with Gasteiger partial charge >= 0.3 is 13.8 Å². The Morgan fingerprint density at radius 2 is 1.47 bits per heavy atom. The number of nitrogens with one attached hydrogen (secondary N) is 4. The molecule has 0 aliphatic carbocycles. The van der Waals surface area contributed by atoms with Crippen LogP contribution in [0.3, 0.4) is 0 Å². The highest BCUT2D eigenvalue weighted by atomic mass is 31.2. The van der Waals surface area contributed by atoms with Crippen LogP contribution in [0.5, 0.6) is 0 Å². The lowest BCUT2D eigenvalue weighted by Crippen LogP contribution is -2.50. The molecule has 0 bridgehead atoms. The Hall–Kier alpha value is -4.70. The molecule has 0 heterocycles. The predicted molar refractivity (Wildman–Crippen MR) is 167 cm³/mol. The van der Waals surface area contributed by atoms with Gasteiger partial charge in [-0.05, 0) is 43.4 Å². The maximum absolute atomic E-state index is 13.0. The van der Waals surface area contributed by atoms with Gasteiger partial charge in [0.1, 0.15) is 6.04 Å². The summed E-state index contributed by atoms with van der Waals surface area (Å²) >= 11 is 0. The molecule has 0 unspecified atom stereocenters. The third-order valence-electron chi connectivity index (χ3n) is 6.54. The van der Waals surface area contributed by atoms with E-state index in [0.29, 0.717) is 38.6 Å². The number of benzene rings is 2. The minimum absolute atomic E-state index is 0.0399. The van der Waals surface area contributed by atoms with Gasteiger partial charge in [0.05, 0.1) is 18.0 Å². The number of aryl methyl sites for hydroxylation is 1. The summed E-state index contributed by atoms with van der Waals surface area (Å²) < 4.78 is 15.1. The van der Waals surface area contributed by atoms with E-state index in [0.717, 1.165) is 24.1 Å². The van der Waals surface area contributed by atoms with Crippen LogP contribution in [0.2, 0.25) is 0 Å². The van der Waals surface area contributed by atoms with Crippen LogP contribution in [0.25, 0.3) is 0 Å². The molecule has 2 rings (SSSR count). The number of unbranched alkanes of at least 4 members (excludes halogenated alkanes) is 2. The summed E-state index contributed by atoms with van der Waals surface area (Å²) in [4.78, 5) is 89.7. The molecule has 4 amide bonds. The first-order chi connectivity index (χ1) is 22.2. The fourth-order valence-corrected chi connectivity index (χ4v) is 4.50. The lowest BCUT2D eigenvalue weighted by Gasteiger charge is -2.20. The summed E-state index contributed by atoms with van der Waals surface area (Å²) in [6, 6.07) is 11.1. The SMILES string of the molecule is O=C(CCCc1ccccc1)NCCCCCC(=O)N[C@@H](CC(=O)N[C@@H](COP(=O)(O)O)C(=O)O)C(=O)Nc1ccc([N+](=O)[O-])cc1. The number of rotatable bonds is 21. The predicted octanol–water partition coefficient (Wildman–Crippen LogP) is 1.79. The Labute approximate surface area is 269 Å². The molecule has 0 radical (unpaired) electrons. The zero-order valence-corrected chi connectivity index (χ0v) is 26.2. The van der Waals surface area contributed by atoms with Crippen LogP contribution >= 0.6 is 7.82 Å². The number of phosphoric ester groups is 1. The molecule has 17 nitrogen and oxygen atoms in total. The van der Waals surface area contributed by atoms with Crippen LogP contribution < -0.4 is 21.3 Å². The average molecular weight is 680 g/mol. The van der Waals surface area contributed by atoms with E-state index in [9.17, 15) is 43.8 Å². The van der Waals surface area contributed by atoms with Gasteiger partial charge in [0.15, 0.2) is 6.04 Å². The molecule has 0 saturated carbocycles. The molecule has 0 aromatic heterocycles. The average Bonchev–Trinajstić information content (AvgIpc) is 3.00. The molecule has 7 N–H and O–H groups in total. The van der Waals surface area contributed by atoms with Crippen LogP contribution in [0.15, 0.2) is 54.6 Å². The van der Waals surface area contributed by atoms with Crippen molar-refractivity contribution in [1.82, 2.24) is 16.0 Å². The monoisotopic (exact) mass is 679 g/mol. The molecule has 18 heteroatoms. The molecule has 0 aliphatic rings. The van der Waals surface area contributed by atoms with E-state index < -0.39 is 61.5 Å². The first kappa shape index (κ1) is 38.5. The number of hydrogen-bond donors (Lipinski definition) is 7. The van der Waals surface area contributed by atoms with Crippen molar-refractivity contribution >= 4 is 48.8 Å². The zero-order chi connectivity index (χ0) is 34.8. The number of carbonyl (C=O) groups is 5. The van der Waals surface area contributed by atoms with Crippen molar-refractivity contribution < 1.29 is 52.9 Å². The molecule has 0 spiro atoms. The molecule has 0 saturated heterocycles. The Bertz CT molecular complexity index is 1420. The quantitative estimate of drug-likeness (QED) is 0.0431. The highest BCUT2D eigenvalue weighted by Crippen LogP contribution is 2.35. The van der Waals surface area contributed by atoms with Crippen LogP contribution in [0.1, 0.15) is 50.5 Å². The van der Waals surface area contributed by atoms with E-state index in [1.165, 1.54) is 12.1 Å². The normalized spacial score (nSPS) is 12.3. The van der Waals surface area contributed by atoms with Gasteiger partial charge < -0.3 is 36.2 Å². The van der Waals surface area contributed by atoms with Gasteiger partial charge in [-0.1, -0.05) is 36.8 Å². The molecular formula is C29H38N5O12P. The minimum atomic E-state index is -5.05.